The lowest BCUT2D eigenvalue weighted by Crippen LogP contribution is -2.23. The lowest BCUT2D eigenvalue weighted by Gasteiger charge is -2.05. The fraction of sp³-hybridized carbons (Fsp3) is 0.364. The average Bonchev–Trinajstić information content (AvgIpc) is 2.87. The SMILES string of the molecule is CNC(C)Cc1cnc(-c2ccc(Cl)s2)o1. The fourth-order valence-corrected chi connectivity index (χ4v) is 2.33. The van der Waals surface area contributed by atoms with Gasteiger partial charge >= 0.3 is 0 Å². The third-order valence-electron chi connectivity index (χ3n) is 2.34. The quantitative estimate of drug-likeness (QED) is 0.913. The summed E-state index contributed by atoms with van der Waals surface area (Å²) in [5, 5.41) is 3.16. The number of thiophene rings is 1. The first-order valence-corrected chi connectivity index (χ1v) is 6.26. The van der Waals surface area contributed by atoms with Gasteiger partial charge < -0.3 is 9.73 Å². The van der Waals surface area contributed by atoms with Crippen molar-refractivity contribution in [3.63, 3.8) is 0 Å². The fourth-order valence-electron chi connectivity index (χ4n) is 1.35. The molecule has 3 nitrogen and oxygen atoms in total. The maximum absolute atomic E-state index is 5.86. The predicted octanol–water partition coefficient (Wildman–Crippen LogP) is 3.21. The van der Waals surface area contributed by atoms with Crippen LogP contribution in [0.1, 0.15) is 12.7 Å². The van der Waals surface area contributed by atoms with Crippen molar-refractivity contribution in [3.8, 4) is 10.8 Å². The van der Waals surface area contributed by atoms with E-state index in [1.807, 2.05) is 19.2 Å². The monoisotopic (exact) mass is 256 g/mol. The topological polar surface area (TPSA) is 38.1 Å². The van der Waals surface area contributed by atoms with Gasteiger partial charge in [-0.25, -0.2) is 4.98 Å². The van der Waals surface area contributed by atoms with Gasteiger partial charge in [0.1, 0.15) is 5.76 Å². The molecule has 0 radical (unpaired) electrons. The maximum Gasteiger partial charge on any atom is 0.236 e. The zero-order chi connectivity index (χ0) is 11.5. The normalized spacial score (nSPS) is 12.9. The first kappa shape index (κ1) is 11.6. The molecule has 1 unspecified atom stereocenters. The van der Waals surface area contributed by atoms with E-state index in [1.165, 1.54) is 11.3 Å². The van der Waals surface area contributed by atoms with Crippen LogP contribution in [0.5, 0.6) is 0 Å². The molecule has 0 spiro atoms. The highest BCUT2D eigenvalue weighted by atomic mass is 35.5. The summed E-state index contributed by atoms with van der Waals surface area (Å²) in [5.74, 6) is 1.54. The third kappa shape index (κ3) is 2.64. The molecule has 0 aliphatic heterocycles. The van der Waals surface area contributed by atoms with Crippen LogP contribution in [0.3, 0.4) is 0 Å². The van der Waals surface area contributed by atoms with Crippen LogP contribution in [0.15, 0.2) is 22.7 Å². The zero-order valence-electron chi connectivity index (χ0n) is 9.16. The van der Waals surface area contributed by atoms with Gasteiger partial charge in [-0.05, 0) is 26.1 Å². The molecule has 0 saturated carbocycles. The number of nitrogens with one attached hydrogen (secondary N) is 1. The van der Waals surface area contributed by atoms with Gasteiger partial charge in [0.05, 0.1) is 15.4 Å². The Bertz CT molecular complexity index is 466. The molecule has 0 bridgehead atoms. The number of hydrogen-bond donors (Lipinski definition) is 1. The molecule has 2 aromatic rings. The van der Waals surface area contributed by atoms with Crippen molar-refractivity contribution in [3.05, 3.63) is 28.4 Å². The summed E-state index contributed by atoms with van der Waals surface area (Å²) in [7, 11) is 1.93. The second-order valence-electron chi connectivity index (χ2n) is 3.63. The molecule has 0 saturated heterocycles. The lowest BCUT2D eigenvalue weighted by molar-refractivity contribution is 0.479. The van der Waals surface area contributed by atoms with Crippen LogP contribution >= 0.6 is 22.9 Å². The standard InChI is InChI=1S/C11H13ClN2OS/c1-7(13-2)5-8-6-14-11(15-8)9-3-4-10(12)16-9/h3-4,6-7,13H,5H2,1-2H3. The molecule has 0 aromatic carbocycles. The molecule has 0 fully saturated rings. The molecule has 2 heterocycles. The second kappa shape index (κ2) is 4.99. The second-order valence-corrected chi connectivity index (χ2v) is 5.34. The molecule has 1 N–H and O–H groups in total. The van der Waals surface area contributed by atoms with E-state index in [0.717, 1.165) is 21.4 Å². The van der Waals surface area contributed by atoms with E-state index < -0.39 is 0 Å². The van der Waals surface area contributed by atoms with Crippen LogP contribution in [-0.4, -0.2) is 18.1 Å². The molecule has 86 valence electrons. The molecule has 16 heavy (non-hydrogen) atoms. The highest BCUT2D eigenvalue weighted by Crippen LogP contribution is 2.30. The smallest absolute Gasteiger partial charge is 0.236 e. The van der Waals surface area contributed by atoms with E-state index in [4.69, 9.17) is 16.0 Å². The zero-order valence-corrected chi connectivity index (χ0v) is 10.7. The Morgan fingerprint density at radius 2 is 2.38 bits per heavy atom. The predicted molar refractivity (Wildman–Crippen MR) is 67.1 cm³/mol. The summed E-state index contributed by atoms with van der Waals surface area (Å²) in [6.07, 6.45) is 2.61. The summed E-state index contributed by atoms with van der Waals surface area (Å²) >= 11 is 7.34. The number of hydrogen-bond acceptors (Lipinski definition) is 4. The van der Waals surface area contributed by atoms with Gasteiger partial charge in [-0.15, -0.1) is 11.3 Å². The average molecular weight is 257 g/mol. The summed E-state index contributed by atoms with van der Waals surface area (Å²) < 4.78 is 6.40. The summed E-state index contributed by atoms with van der Waals surface area (Å²) in [5.41, 5.74) is 0. The van der Waals surface area contributed by atoms with Crippen molar-refractivity contribution < 1.29 is 4.42 Å². The summed E-state index contributed by atoms with van der Waals surface area (Å²) in [6, 6.07) is 4.15. The minimum atomic E-state index is 0.382. The first-order chi connectivity index (χ1) is 7.69. The molecule has 0 amide bonds. The van der Waals surface area contributed by atoms with E-state index in [0.29, 0.717) is 11.9 Å². The molecular weight excluding hydrogens is 244 g/mol. The van der Waals surface area contributed by atoms with Crippen LogP contribution in [0.25, 0.3) is 10.8 Å². The van der Waals surface area contributed by atoms with Gasteiger partial charge in [0.15, 0.2) is 0 Å². The largest absolute Gasteiger partial charge is 0.440 e. The Kier molecular flexibility index (Phi) is 3.63. The van der Waals surface area contributed by atoms with Crippen LogP contribution in [-0.2, 0) is 6.42 Å². The highest BCUT2D eigenvalue weighted by molar-refractivity contribution is 7.19. The van der Waals surface area contributed by atoms with Crippen molar-refractivity contribution in [2.75, 3.05) is 7.05 Å². The molecule has 0 aliphatic carbocycles. The van der Waals surface area contributed by atoms with Crippen molar-refractivity contribution in [2.45, 2.75) is 19.4 Å². The summed E-state index contributed by atoms with van der Waals surface area (Å²) in [4.78, 5) is 5.21. The number of halogens is 1. The first-order valence-electron chi connectivity index (χ1n) is 5.06. The summed E-state index contributed by atoms with van der Waals surface area (Å²) in [6.45, 7) is 2.10. The molecule has 2 rings (SSSR count). The van der Waals surface area contributed by atoms with E-state index in [2.05, 4.69) is 17.2 Å². The minimum absolute atomic E-state index is 0.382. The number of rotatable bonds is 4. The van der Waals surface area contributed by atoms with Gasteiger partial charge in [0.25, 0.3) is 0 Å². The van der Waals surface area contributed by atoms with Crippen LogP contribution in [0.4, 0.5) is 0 Å². The molecule has 0 aliphatic rings. The van der Waals surface area contributed by atoms with E-state index in [9.17, 15) is 0 Å². The van der Waals surface area contributed by atoms with E-state index in [-0.39, 0.29) is 0 Å². The third-order valence-corrected chi connectivity index (χ3v) is 3.56. The molecule has 2 aromatic heterocycles. The van der Waals surface area contributed by atoms with E-state index >= 15 is 0 Å². The molecule has 5 heteroatoms. The van der Waals surface area contributed by atoms with Crippen molar-refractivity contribution >= 4 is 22.9 Å². The van der Waals surface area contributed by atoms with Gasteiger partial charge in [0, 0.05) is 12.5 Å². The molecule has 1 atom stereocenters. The lowest BCUT2D eigenvalue weighted by atomic mass is 10.2. The van der Waals surface area contributed by atoms with Crippen LogP contribution in [0.2, 0.25) is 4.34 Å². The van der Waals surface area contributed by atoms with Crippen LogP contribution < -0.4 is 5.32 Å². The molecular formula is C11H13ClN2OS. The Balaban J connectivity index is 2.13. The minimum Gasteiger partial charge on any atom is -0.440 e. The number of aromatic nitrogens is 1. The van der Waals surface area contributed by atoms with Gasteiger partial charge in [-0.1, -0.05) is 11.6 Å². The Hall–Kier alpha value is -0.840. The maximum atomic E-state index is 5.86. The Morgan fingerprint density at radius 1 is 1.56 bits per heavy atom. The van der Waals surface area contributed by atoms with Crippen molar-refractivity contribution in [1.29, 1.82) is 0 Å². The number of oxazole rings is 1. The van der Waals surface area contributed by atoms with Crippen LogP contribution in [0, 0.1) is 0 Å². The number of nitrogens with zero attached hydrogens (tertiary/aromatic N) is 1. The number of likely N-dealkylation sites (N-methyl/N-ethyl adjacent to an activating group) is 1. The Morgan fingerprint density at radius 3 is 3.00 bits per heavy atom. The van der Waals surface area contributed by atoms with E-state index in [1.54, 1.807) is 6.20 Å². The van der Waals surface area contributed by atoms with Gasteiger partial charge in [-0.2, -0.15) is 0 Å². The highest BCUT2D eigenvalue weighted by Gasteiger charge is 2.10. The van der Waals surface area contributed by atoms with Crippen molar-refractivity contribution in [1.82, 2.24) is 10.3 Å². The Labute approximate surface area is 103 Å². The van der Waals surface area contributed by atoms with Crippen molar-refractivity contribution in [2.24, 2.45) is 0 Å². The van der Waals surface area contributed by atoms with Gasteiger partial charge in [-0.3, -0.25) is 0 Å². The van der Waals surface area contributed by atoms with Gasteiger partial charge in [0.2, 0.25) is 5.89 Å².